The van der Waals surface area contributed by atoms with Gasteiger partial charge in [-0.3, -0.25) is 14.4 Å². The maximum absolute atomic E-state index is 11.7. The number of amides is 1. The Balaban J connectivity index is 2.75. The van der Waals surface area contributed by atoms with Crippen molar-refractivity contribution in [2.45, 2.75) is 32.2 Å². The molecule has 0 saturated heterocycles. The zero-order valence-corrected chi connectivity index (χ0v) is 10.9. The van der Waals surface area contributed by atoms with Crippen LogP contribution >= 0.6 is 0 Å². The molecule has 0 aromatic rings. The molecule has 6 nitrogen and oxygen atoms in total. The fraction of sp³-hybridized carbons (Fsp3) is 0.750. The first-order valence-electron chi connectivity index (χ1n) is 5.92. The van der Waals surface area contributed by atoms with Crippen molar-refractivity contribution >= 4 is 17.8 Å². The lowest BCUT2D eigenvalue weighted by atomic mass is 9.78. The molecule has 0 aromatic heterocycles. The topological polar surface area (TPSA) is 81.7 Å². The minimum absolute atomic E-state index is 0.189. The highest BCUT2D eigenvalue weighted by atomic mass is 16.5. The molecule has 0 radical (unpaired) electrons. The Bertz CT molecular complexity index is 341. The number of carbonyl (C=O) groups excluding carboxylic acids is 3. The molecule has 0 aliphatic heterocycles. The van der Waals surface area contributed by atoms with Crippen LogP contribution in [0.25, 0.3) is 0 Å². The standard InChI is InChI=1S/C12H19NO5/c1-7(14)13-10-5-4-8(11(15)17-2)6-9(10)12(16)18-3/h8-10H,4-6H2,1-3H3,(H,13,14)/t8-,9+,10+/m1/s1. The Hall–Kier alpha value is -1.59. The number of carbonyl (C=O) groups is 3. The van der Waals surface area contributed by atoms with Gasteiger partial charge < -0.3 is 14.8 Å². The van der Waals surface area contributed by atoms with E-state index in [4.69, 9.17) is 4.74 Å². The average molecular weight is 257 g/mol. The molecule has 0 bridgehead atoms. The Morgan fingerprint density at radius 1 is 1.06 bits per heavy atom. The van der Waals surface area contributed by atoms with E-state index in [1.807, 2.05) is 0 Å². The van der Waals surface area contributed by atoms with Crippen LogP contribution in [-0.2, 0) is 23.9 Å². The van der Waals surface area contributed by atoms with Gasteiger partial charge in [0.1, 0.15) is 0 Å². The molecule has 6 heteroatoms. The zero-order chi connectivity index (χ0) is 13.7. The molecule has 18 heavy (non-hydrogen) atoms. The molecular weight excluding hydrogens is 238 g/mol. The van der Waals surface area contributed by atoms with Crippen LogP contribution in [0, 0.1) is 11.8 Å². The van der Waals surface area contributed by atoms with E-state index in [0.29, 0.717) is 19.3 Å². The summed E-state index contributed by atoms with van der Waals surface area (Å²) in [6, 6.07) is -0.268. The maximum Gasteiger partial charge on any atom is 0.310 e. The third-order valence-electron chi connectivity index (χ3n) is 3.28. The summed E-state index contributed by atoms with van der Waals surface area (Å²) in [6.07, 6.45) is 1.52. The predicted octanol–water partition coefficient (Wildman–Crippen LogP) is 0.253. The second-order valence-electron chi connectivity index (χ2n) is 4.47. The van der Waals surface area contributed by atoms with Crippen LogP contribution in [-0.4, -0.2) is 38.1 Å². The van der Waals surface area contributed by atoms with E-state index >= 15 is 0 Å². The third-order valence-corrected chi connectivity index (χ3v) is 3.28. The van der Waals surface area contributed by atoms with Gasteiger partial charge in [-0.15, -0.1) is 0 Å². The van der Waals surface area contributed by atoms with Gasteiger partial charge in [-0.25, -0.2) is 0 Å². The van der Waals surface area contributed by atoms with Crippen LogP contribution in [0.15, 0.2) is 0 Å². The lowest BCUT2D eigenvalue weighted by Gasteiger charge is -2.33. The van der Waals surface area contributed by atoms with Gasteiger partial charge in [0.15, 0.2) is 0 Å². The third kappa shape index (κ3) is 3.45. The van der Waals surface area contributed by atoms with E-state index in [1.165, 1.54) is 21.1 Å². The van der Waals surface area contributed by atoms with Crippen LogP contribution in [0.2, 0.25) is 0 Å². The van der Waals surface area contributed by atoms with Crippen molar-refractivity contribution in [1.29, 1.82) is 0 Å². The quantitative estimate of drug-likeness (QED) is 0.733. The zero-order valence-electron chi connectivity index (χ0n) is 10.9. The van der Waals surface area contributed by atoms with E-state index in [-0.39, 0.29) is 23.8 Å². The highest BCUT2D eigenvalue weighted by molar-refractivity contribution is 5.79. The predicted molar refractivity (Wildman–Crippen MR) is 62.5 cm³/mol. The van der Waals surface area contributed by atoms with Crippen molar-refractivity contribution in [3.8, 4) is 0 Å². The molecule has 1 aliphatic carbocycles. The molecule has 1 rings (SSSR count). The lowest BCUT2D eigenvalue weighted by molar-refractivity contribution is -0.153. The maximum atomic E-state index is 11.7. The molecule has 1 aliphatic rings. The molecule has 1 amide bonds. The van der Waals surface area contributed by atoms with Crippen molar-refractivity contribution in [2.24, 2.45) is 11.8 Å². The van der Waals surface area contributed by atoms with Gasteiger partial charge in [-0.1, -0.05) is 0 Å². The molecule has 1 saturated carbocycles. The van der Waals surface area contributed by atoms with Gasteiger partial charge in [0, 0.05) is 13.0 Å². The normalized spacial score (nSPS) is 27.2. The van der Waals surface area contributed by atoms with Crippen LogP contribution in [0.4, 0.5) is 0 Å². The Morgan fingerprint density at radius 2 is 1.67 bits per heavy atom. The van der Waals surface area contributed by atoms with Gasteiger partial charge in [0.2, 0.25) is 5.91 Å². The summed E-state index contributed by atoms with van der Waals surface area (Å²) in [5, 5.41) is 2.73. The minimum atomic E-state index is -0.489. The van der Waals surface area contributed by atoms with Crippen LogP contribution in [0.1, 0.15) is 26.2 Å². The smallest absolute Gasteiger partial charge is 0.310 e. The lowest BCUT2D eigenvalue weighted by Crippen LogP contribution is -2.47. The van der Waals surface area contributed by atoms with E-state index in [0.717, 1.165) is 0 Å². The van der Waals surface area contributed by atoms with Crippen molar-refractivity contribution in [1.82, 2.24) is 5.32 Å². The SMILES string of the molecule is COC(=O)[C@@H]1CC[C@H](NC(C)=O)[C@@H](C(=O)OC)C1. The number of hydrogen-bond donors (Lipinski definition) is 1. The van der Waals surface area contributed by atoms with Gasteiger partial charge in [0.05, 0.1) is 26.1 Å². The molecule has 0 heterocycles. The summed E-state index contributed by atoms with van der Waals surface area (Å²) in [4.78, 5) is 34.3. The number of rotatable bonds is 3. The largest absolute Gasteiger partial charge is 0.469 e. The monoisotopic (exact) mass is 257 g/mol. The van der Waals surface area contributed by atoms with E-state index in [2.05, 4.69) is 10.1 Å². The summed E-state index contributed by atoms with van der Waals surface area (Å²) in [5.74, 6) is -1.70. The summed E-state index contributed by atoms with van der Waals surface area (Å²) >= 11 is 0. The second kappa shape index (κ2) is 6.37. The first kappa shape index (κ1) is 14.5. The number of ether oxygens (including phenoxy) is 2. The number of hydrogen-bond acceptors (Lipinski definition) is 5. The number of nitrogens with one attached hydrogen (secondary N) is 1. The van der Waals surface area contributed by atoms with Gasteiger partial charge in [-0.05, 0) is 19.3 Å². The summed E-state index contributed by atoms with van der Waals surface area (Å²) in [7, 11) is 2.63. The van der Waals surface area contributed by atoms with Crippen molar-refractivity contribution in [3.05, 3.63) is 0 Å². The van der Waals surface area contributed by atoms with Crippen LogP contribution in [0.3, 0.4) is 0 Å². The molecule has 3 atom stereocenters. The van der Waals surface area contributed by atoms with E-state index in [9.17, 15) is 14.4 Å². The Kier molecular flexibility index (Phi) is 5.12. The fourth-order valence-corrected chi connectivity index (χ4v) is 2.40. The Morgan fingerprint density at radius 3 is 2.17 bits per heavy atom. The molecule has 1 fully saturated rings. The van der Waals surface area contributed by atoms with Gasteiger partial charge in [0.25, 0.3) is 0 Å². The second-order valence-corrected chi connectivity index (χ2v) is 4.47. The molecule has 0 aromatic carbocycles. The Labute approximate surface area is 106 Å². The molecule has 0 spiro atoms. The number of methoxy groups -OCH3 is 2. The molecular formula is C12H19NO5. The summed E-state index contributed by atoms with van der Waals surface area (Å²) < 4.78 is 9.41. The molecule has 0 unspecified atom stereocenters. The summed E-state index contributed by atoms with van der Waals surface area (Å²) in [6.45, 7) is 1.40. The van der Waals surface area contributed by atoms with Crippen LogP contribution in [0.5, 0.6) is 0 Å². The van der Waals surface area contributed by atoms with Crippen molar-refractivity contribution < 1.29 is 23.9 Å². The fourth-order valence-electron chi connectivity index (χ4n) is 2.40. The number of esters is 2. The van der Waals surface area contributed by atoms with Crippen LogP contribution < -0.4 is 5.32 Å². The average Bonchev–Trinajstić information content (AvgIpc) is 2.36. The first-order valence-corrected chi connectivity index (χ1v) is 5.92. The first-order chi connectivity index (χ1) is 8.49. The van der Waals surface area contributed by atoms with E-state index < -0.39 is 11.9 Å². The highest BCUT2D eigenvalue weighted by Crippen LogP contribution is 2.31. The molecule has 1 N–H and O–H groups in total. The van der Waals surface area contributed by atoms with E-state index in [1.54, 1.807) is 0 Å². The van der Waals surface area contributed by atoms with Gasteiger partial charge >= 0.3 is 11.9 Å². The molecule has 102 valence electrons. The van der Waals surface area contributed by atoms with Crippen molar-refractivity contribution in [2.75, 3.05) is 14.2 Å². The highest BCUT2D eigenvalue weighted by Gasteiger charge is 2.39. The van der Waals surface area contributed by atoms with Gasteiger partial charge in [-0.2, -0.15) is 0 Å². The summed E-state index contributed by atoms with van der Waals surface area (Å²) in [5.41, 5.74) is 0. The van der Waals surface area contributed by atoms with Crippen molar-refractivity contribution in [3.63, 3.8) is 0 Å². The minimum Gasteiger partial charge on any atom is -0.469 e.